The molecule has 2 aromatic carbocycles. The number of rotatable bonds is 5. The van der Waals surface area contributed by atoms with Crippen LogP contribution >= 0.6 is 0 Å². The summed E-state index contributed by atoms with van der Waals surface area (Å²) in [4.78, 5) is 25.3. The van der Waals surface area contributed by atoms with Gasteiger partial charge in [-0.05, 0) is 151 Å². The summed E-state index contributed by atoms with van der Waals surface area (Å²) in [6, 6.07) is 18.0. The maximum atomic E-state index is 13.8. The topological polar surface area (TPSA) is 71.3 Å². The average Bonchev–Trinajstić information content (AvgIpc) is 3.78. The van der Waals surface area contributed by atoms with Crippen LogP contribution in [-0.2, 0) is 11.3 Å². The molecule has 0 aliphatic heterocycles. The highest BCUT2D eigenvalue weighted by atomic mass is 16.4. The zero-order chi connectivity index (χ0) is 40.4. The van der Waals surface area contributed by atoms with Crippen LogP contribution in [0.3, 0.4) is 0 Å². The monoisotopic (exact) mass is 740 g/mol. The van der Waals surface area contributed by atoms with Crippen molar-refractivity contribution in [2.24, 2.45) is 45.3 Å². The number of amides is 1. The van der Waals surface area contributed by atoms with Crippen molar-refractivity contribution in [1.82, 2.24) is 9.88 Å². The van der Waals surface area contributed by atoms with Gasteiger partial charge in [-0.1, -0.05) is 83.5 Å². The van der Waals surface area contributed by atoms with E-state index in [1.807, 2.05) is 19.1 Å². The summed E-state index contributed by atoms with van der Waals surface area (Å²) in [6.45, 7) is 18.5. The predicted octanol–water partition coefficient (Wildman–Crippen LogP) is 11.4. The molecule has 3 aromatic rings. The quantitative estimate of drug-likeness (QED) is 0.202. The molecule has 1 aromatic heterocycles. The molecule has 2 N–H and O–H groups in total. The summed E-state index contributed by atoms with van der Waals surface area (Å²) in [5.41, 5.74) is 4.77. The molecule has 292 valence electrons. The second kappa shape index (κ2) is 15.9. The lowest BCUT2D eigenvalue weighted by Crippen LogP contribution is -2.67. The van der Waals surface area contributed by atoms with E-state index in [2.05, 4.69) is 119 Å². The van der Waals surface area contributed by atoms with Crippen molar-refractivity contribution in [3.63, 3.8) is 0 Å². The summed E-state index contributed by atoms with van der Waals surface area (Å²) in [5.74, 6) is 1.77. The first kappa shape index (κ1) is 41.7. The molecule has 5 aliphatic rings. The van der Waals surface area contributed by atoms with E-state index in [0.717, 1.165) is 24.8 Å². The van der Waals surface area contributed by atoms with E-state index in [0.29, 0.717) is 35.8 Å². The second-order valence-electron chi connectivity index (χ2n) is 18.2. The maximum absolute atomic E-state index is 13.8. The van der Waals surface area contributed by atoms with Gasteiger partial charge in [0.1, 0.15) is 6.54 Å². The van der Waals surface area contributed by atoms with Gasteiger partial charge in [0, 0.05) is 17.3 Å². The number of benzene rings is 2. The molecule has 0 radical (unpaired) electrons. The molecule has 5 aliphatic carbocycles. The van der Waals surface area contributed by atoms with Crippen LogP contribution in [0.1, 0.15) is 122 Å². The molecule has 0 saturated heterocycles. The molecule has 4 fully saturated rings. The Morgan fingerprint density at radius 3 is 2.18 bits per heavy atom. The fourth-order valence-electron chi connectivity index (χ4n) is 13.4. The zero-order valence-electron chi connectivity index (χ0n) is 34.2. The number of carbonyl (C=O) groups excluding carboxylic acids is 1. The number of carboxylic acid groups (broad SMARTS) is 1. The van der Waals surface area contributed by atoms with Crippen LogP contribution in [-0.4, -0.2) is 27.1 Å². The predicted molar refractivity (Wildman–Crippen MR) is 228 cm³/mol. The molecule has 1 amide bonds. The number of terminal acetylenes is 2. The average molecular weight is 741 g/mol. The van der Waals surface area contributed by atoms with E-state index in [-0.39, 0.29) is 33.1 Å². The first-order chi connectivity index (χ1) is 26.2. The van der Waals surface area contributed by atoms with E-state index >= 15 is 0 Å². The molecule has 4 saturated carbocycles. The van der Waals surface area contributed by atoms with Crippen molar-refractivity contribution in [1.29, 1.82) is 0 Å². The van der Waals surface area contributed by atoms with Crippen LogP contribution < -0.4 is 5.32 Å². The van der Waals surface area contributed by atoms with Crippen LogP contribution in [0.5, 0.6) is 0 Å². The third kappa shape index (κ3) is 6.77. The van der Waals surface area contributed by atoms with Gasteiger partial charge in [0.05, 0.1) is 5.56 Å². The lowest BCUT2D eigenvalue weighted by atomic mass is 9.33. The third-order valence-electron chi connectivity index (χ3n) is 15.8. The number of carboxylic acids is 1. The number of para-hydroxylation sites is 1. The number of nitrogens with zero attached hydrogens (tertiary/aromatic N) is 1. The highest BCUT2D eigenvalue weighted by Gasteiger charge is 2.69. The normalized spacial score (nSPS) is 33.7. The van der Waals surface area contributed by atoms with E-state index in [9.17, 15) is 14.7 Å². The highest BCUT2D eigenvalue weighted by Crippen LogP contribution is 2.76. The molecular formula is C50H64N2O3. The molecule has 0 bridgehead atoms. The summed E-state index contributed by atoms with van der Waals surface area (Å²) in [5, 5.41) is 14.4. The largest absolute Gasteiger partial charge is 0.478 e. The Labute approximate surface area is 331 Å². The number of allylic oxidation sites excluding steroid dienone is 3. The van der Waals surface area contributed by atoms with Crippen LogP contribution in [0.4, 0.5) is 0 Å². The number of aromatic carboxylic acids is 1. The number of carbonyl (C=O) groups is 2. The number of aromatic nitrogens is 1. The molecule has 1 heterocycles. The SMILES string of the molecule is C#C.C#C.C=CC.CC1(C)C(c2ccc(C(=O)O)cc2)=CC[C@@]2(C)C1CC[C@]1(C)C2CC[C@@H]2C3CCC[C@]3(NC(=O)Cn3ccc4ccccc43)CC[C@]21C. The highest BCUT2D eigenvalue weighted by molar-refractivity contribution is 5.88. The van der Waals surface area contributed by atoms with E-state index in [4.69, 9.17) is 0 Å². The molecule has 5 nitrogen and oxygen atoms in total. The van der Waals surface area contributed by atoms with Gasteiger partial charge in [-0.2, -0.15) is 0 Å². The molecule has 55 heavy (non-hydrogen) atoms. The van der Waals surface area contributed by atoms with Gasteiger partial charge in [0.15, 0.2) is 0 Å². The second-order valence-corrected chi connectivity index (χ2v) is 18.2. The summed E-state index contributed by atoms with van der Waals surface area (Å²) in [6.07, 6.45) is 34.4. The maximum Gasteiger partial charge on any atom is 0.335 e. The number of nitrogens with one attached hydrogen (secondary N) is 1. The molecular weight excluding hydrogens is 677 g/mol. The summed E-state index contributed by atoms with van der Waals surface area (Å²) >= 11 is 0. The molecule has 5 heteroatoms. The van der Waals surface area contributed by atoms with Crippen LogP contribution in [0.15, 0.2) is 79.5 Å². The van der Waals surface area contributed by atoms with Crippen molar-refractivity contribution in [2.45, 2.75) is 118 Å². The van der Waals surface area contributed by atoms with Crippen LogP contribution in [0.2, 0.25) is 0 Å². The van der Waals surface area contributed by atoms with E-state index in [1.165, 1.54) is 61.5 Å². The van der Waals surface area contributed by atoms with Crippen molar-refractivity contribution in [3.05, 3.63) is 90.7 Å². The minimum absolute atomic E-state index is 0.0132. The van der Waals surface area contributed by atoms with E-state index in [1.54, 1.807) is 18.2 Å². The molecule has 8 atom stereocenters. The minimum atomic E-state index is -0.868. The Morgan fingerprint density at radius 1 is 0.836 bits per heavy atom. The van der Waals surface area contributed by atoms with Crippen molar-refractivity contribution in [2.75, 3.05) is 0 Å². The van der Waals surface area contributed by atoms with Crippen molar-refractivity contribution < 1.29 is 14.7 Å². The van der Waals surface area contributed by atoms with Crippen LogP contribution in [0, 0.1) is 71.0 Å². The Balaban J connectivity index is 0.000000780. The summed E-state index contributed by atoms with van der Waals surface area (Å²) in [7, 11) is 0. The Kier molecular flexibility index (Phi) is 12.1. The first-order valence-corrected chi connectivity index (χ1v) is 20.4. The Bertz CT molecular complexity index is 1940. The lowest BCUT2D eigenvalue weighted by molar-refractivity contribution is -0.217. The van der Waals surface area contributed by atoms with Gasteiger partial charge in [0.25, 0.3) is 0 Å². The smallest absolute Gasteiger partial charge is 0.335 e. The Hall–Kier alpha value is -4.48. The summed E-state index contributed by atoms with van der Waals surface area (Å²) < 4.78 is 2.11. The number of hydrogen-bond donors (Lipinski definition) is 2. The number of hydrogen-bond acceptors (Lipinski definition) is 2. The van der Waals surface area contributed by atoms with E-state index < -0.39 is 5.97 Å². The van der Waals surface area contributed by atoms with Gasteiger partial charge >= 0.3 is 5.97 Å². The first-order valence-electron chi connectivity index (χ1n) is 20.4. The molecule has 8 rings (SSSR count). The molecule has 3 unspecified atom stereocenters. The fraction of sp³-hybridized carbons (Fsp3) is 0.520. The minimum Gasteiger partial charge on any atom is -0.478 e. The fourth-order valence-corrected chi connectivity index (χ4v) is 13.4. The van der Waals surface area contributed by atoms with Gasteiger partial charge in [-0.15, -0.1) is 32.3 Å². The third-order valence-corrected chi connectivity index (χ3v) is 15.8. The van der Waals surface area contributed by atoms with Crippen LogP contribution in [0.25, 0.3) is 16.5 Å². The zero-order valence-corrected chi connectivity index (χ0v) is 34.2. The molecule has 0 spiro atoms. The Morgan fingerprint density at radius 2 is 1.51 bits per heavy atom. The van der Waals surface area contributed by atoms with Gasteiger partial charge in [0.2, 0.25) is 5.91 Å². The standard InChI is InChI=1S/C43H54N2O3.C3H6.2C2H2/c1-39(2)31(28-12-14-30(15-13-28)38(47)48)18-22-40(3)35(39)19-23-42(5)36(40)17-16-32-33-10-8-21-43(33,25-24-41(32,42)4)44-37(46)27-45-26-20-29-9-6-7-11-34(29)45;1-3-2;2*1-2/h6-7,9,11-15,18,20,26,32-33,35-36H,8,10,16-17,19,21-25,27H2,1-5H3,(H,44,46)(H,47,48);3H,1H2,2H3;2*1-2H/t32-,33?,35?,36?,40+,41-,42-,43+;;;/m1.../s1. The van der Waals surface area contributed by atoms with Crippen molar-refractivity contribution in [3.8, 4) is 25.7 Å². The lowest BCUT2D eigenvalue weighted by Gasteiger charge is -2.72. The van der Waals surface area contributed by atoms with Gasteiger partial charge < -0.3 is 15.0 Å². The number of fused-ring (bicyclic) bond motifs is 8. The van der Waals surface area contributed by atoms with Gasteiger partial charge in [-0.25, -0.2) is 4.79 Å². The van der Waals surface area contributed by atoms with Gasteiger partial charge in [-0.3, -0.25) is 4.79 Å². The van der Waals surface area contributed by atoms with Crippen molar-refractivity contribution >= 4 is 28.4 Å².